The van der Waals surface area contributed by atoms with Crippen LogP contribution in [0.3, 0.4) is 0 Å². The maximum Gasteiger partial charge on any atom is 0.303 e. The van der Waals surface area contributed by atoms with Crippen LogP contribution < -0.4 is 10.6 Å². The lowest BCUT2D eigenvalue weighted by molar-refractivity contribution is -0.136. The lowest BCUT2D eigenvalue weighted by Gasteiger charge is -2.11. The van der Waals surface area contributed by atoms with Gasteiger partial charge in [0.1, 0.15) is 11.5 Å². The Morgan fingerprint density at radius 2 is 2.21 bits per heavy atom. The molecule has 24 heavy (non-hydrogen) atoms. The first-order chi connectivity index (χ1) is 11.7. The predicted octanol–water partition coefficient (Wildman–Crippen LogP) is 2.06. The predicted molar refractivity (Wildman–Crippen MR) is 92.5 cm³/mol. The van der Waals surface area contributed by atoms with E-state index in [-0.39, 0.29) is 6.42 Å². The molecule has 0 atom stereocenters. The Balaban J connectivity index is 1.78. The molecule has 3 N–H and O–H groups in total. The van der Waals surface area contributed by atoms with Crippen molar-refractivity contribution in [1.82, 2.24) is 20.3 Å². The van der Waals surface area contributed by atoms with Crippen LogP contribution in [0.25, 0.3) is 5.70 Å². The summed E-state index contributed by atoms with van der Waals surface area (Å²) in [6.45, 7) is 1.21. The minimum Gasteiger partial charge on any atom is -0.481 e. The van der Waals surface area contributed by atoms with Gasteiger partial charge in [0, 0.05) is 23.8 Å². The number of hydrogen-bond donors (Lipinski definition) is 3. The van der Waals surface area contributed by atoms with Gasteiger partial charge in [-0.1, -0.05) is 12.2 Å². The fourth-order valence-corrected chi connectivity index (χ4v) is 3.20. The van der Waals surface area contributed by atoms with Crippen LogP contribution >= 0.6 is 11.3 Å². The van der Waals surface area contributed by atoms with Crippen molar-refractivity contribution in [3.05, 3.63) is 53.1 Å². The second kappa shape index (κ2) is 7.69. The molecule has 1 aliphatic rings. The number of rotatable bonds is 7. The molecule has 1 aliphatic heterocycles. The molecule has 0 bridgehead atoms. The molecule has 0 radical (unpaired) electrons. The lowest BCUT2D eigenvalue weighted by Crippen LogP contribution is -2.15. The molecule has 2 aromatic heterocycles. The Morgan fingerprint density at radius 1 is 1.38 bits per heavy atom. The van der Waals surface area contributed by atoms with Gasteiger partial charge in [-0.2, -0.15) is 0 Å². The summed E-state index contributed by atoms with van der Waals surface area (Å²) in [5.74, 6) is -0.133. The number of aromatic nitrogens is 3. The number of carboxylic acids is 1. The second-order valence-electron chi connectivity index (χ2n) is 5.09. The molecular weight excluding hydrogens is 326 g/mol. The van der Waals surface area contributed by atoms with Gasteiger partial charge in [0.25, 0.3) is 0 Å². The largest absolute Gasteiger partial charge is 0.481 e. The molecule has 8 heteroatoms. The molecule has 7 nitrogen and oxygen atoms in total. The van der Waals surface area contributed by atoms with Gasteiger partial charge in [-0.3, -0.25) is 4.79 Å². The molecule has 0 saturated heterocycles. The third-order valence-corrected chi connectivity index (χ3v) is 4.42. The van der Waals surface area contributed by atoms with Crippen LogP contribution in [0.2, 0.25) is 0 Å². The first-order valence-electron chi connectivity index (χ1n) is 7.54. The van der Waals surface area contributed by atoms with Crippen molar-refractivity contribution in [3.8, 4) is 0 Å². The second-order valence-corrected chi connectivity index (χ2v) is 6.18. The Labute approximate surface area is 143 Å². The van der Waals surface area contributed by atoms with Crippen LogP contribution in [-0.4, -0.2) is 32.6 Å². The topological polar surface area (TPSA) is 100 Å². The van der Waals surface area contributed by atoms with Crippen molar-refractivity contribution < 1.29 is 9.90 Å². The van der Waals surface area contributed by atoms with Crippen molar-refractivity contribution in [2.45, 2.75) is 19.4 Å². The number of carboxylic acid groups (broad SMARTS) is 1. The Hall–Kier alpha value is -2.74. The third kappa shape index (κ3) is 4.17. The number of aryl methyl sites for hydroxylation is 1. The van der Waals surface area contributed by atoms with E-state index in [9.17, 15) is 4.79 Å². The fourth-order valence-electron chi connectivity index (χ4n) is 2.23. The van der Waals surface area contributed by atoms with Crippen LogP contribution in [-0.2, 0) is 17.8 Å². The number of thiazole rings is 1. The van der Waals surface area contributed by atoms with E-state index < -0.39 is 5.97 Å². The zero-order chi connectivity index (χ0) is 16.8. The summed E-state index contributed by atoms with van der Waals surface area (Å²) in [5.41, 5.74) is 1.72. The minimum absolute atomic E-state index is 0.0829. The van der Waals surface area contributed by atoms with Gasteiger partial charge in [-0.15, -0.1) is 11.3 Å². The lowest BCUT2D eigenvalue weighted by atomic mass is 10.1. The maximum atomic E-state index is 10.9. The number of nitrogens with zero attached hydrogens (tertiary/aromatic N) is 3. The molecule has 0 aliphatic carbocycles. The van der Waals surface area contributed by atoms with Crippen LogP contribution in [0.5, 0.6) is 0 Å². The summed E-state index contributed by atoms with van der Waals surface area (Å²) in [4.78, 5) is 24.8. The monoisotopic (exact) mass is 343 g/mol. The molecule has 0 saturated carbocycles. The number of dihydropyridines is 1. The van der Waals surface area contributed by atoms with Gasteiger partial charge in [-0.05, 0) is 18.6 Å². The molecule has 2 aromatic rings. The zero-order valence-corrected chi connectivity index (χ0v) is 13.7. The maximum absolute atomic E-state index is 10.9. The van der Waals surface area contributed by atoms with E-state index in [1.165, 1.54) is 11.3 Å². The molecular formula is C16H17N5O2S. The smallest absolute Gasteiger partial charge is 0.303 e. The third-order valence-electron chi connectivity index (χ3n) is 3.34. The SMILES string of the molecule is O=C(O)CCc1sc(NCc2ncccn2)nc1C1=CC=CCN1. The standard InChI is InChI=1S/C16H17N5O2S/c22-14(23)6-5-12-15(11-4-1-2-7-17-11)21-16(24-12)20-10-13-18-8-3-9-19-13/h1-4,8-9,17H,5-7,10H2,(H,20,21)(H,22,23). The fraction of sp³-hybridized carbons (Fsp3) is 0.250. The van der Waals surface area contributed by atoms with Crippen molar-refractivity contribution in [2.75, 3.05) is 11.9 Å². The minimum atomic E-state index is -0.813. The Kier molecular flexibility index (Phi) is 5.17. The van der Waals surface area contributed by atoms with E-state index >= 15 is 0 Å². The average Bonchev–Trinajstić information content (AvgIpc) is 3.03. The Morgan fingerprint density at radius 3 is 2.92 bits per heavy atom. The summed E-state index contributed by atoms with van der Waals surface area (Å²) < 4.78 is 0. The van der Waals surface area contributed by atoms with E-state index in [0.29, 0.717) is 18.8 Å². The van der Waals surface area contributed by atoms with Crippen LogP contribution in [0.1, 0.15) is 22.8 Å². The highest BCUT2D eigenvalue weighted by atomic mass is 32.1. The van der Waals surface area contributed by atoms with Crippen LogP contribution in [0.15, 0.2) is 36.7 Å². The highest BCUT2D eigenvalue weighted by molar-refractivity contribution is 7.15. The van der Waals surface area contributed by atoms with Crippen molar-refractivity contribution in [2.24, 2.45) is 0 Å². The van der Waals surface area contributed by atoms with Crippen molar-refractivity contribution >= 4 is 28.1 Å². The molecule has 124 valence electrons. The summed E-state index contributed by atoms with van der Waals surface area (Å²) in [7, 11) is 0. The van der Waals surface area contributed by atoms with E-state index in [4.69, 9.17) is 5.11 Å². The summed E-state index contributed by atoms with van der Waals surface area (Å²) in [5, 5.41) is 16.2. The van der Waals surface area contributed by atoms with E-state index in [0.717, 1.165) is 27.9 Å². The number of hydrogen-bond acceptors (Lipinski definition) is 7. The number of nitrogens with one attached hydrogen (secondary N) is 2. The number of allylic oxidation sites excluding steroid dienone is 2. The first kappa shape index (κ1) is 16.1. The van der Waals surface area contributed by atoms with Crippen molar-refractivity contribution in [1.29, 1.82) is 0 Å². The highest BCUT2D eigenvalue weighted by Gasteiger charge is 2.16. The first-order valence-corrected chi connectivity index (χ1v) is 8.36. The van der Waals surface area contributed by atoms with Gasteiger partial charge in [-0.25, -0.2) is 15.0 Å². The zero-order valence-electron chi connectivity index (χ0n) is 12.9. The highest BCUT2D eigenvalue weighted by Crippen LogP contribution is 2.29. The summed E-state index contributed by atoms with van der Waals surface area (Å²) in [6.07, 6.45) is 9.86. The van der Waals surface area contributed by atoms with Gasteiger partial charge >= 0.3 is 5.97 Å². The summed E-state index contributed by atoms with van der Waals surface area (Å²) in [6, 6.07) is 1.77. The molecule has 0 unspecified atom stereocenters. The van der Waals surface area contributed by atoms with Crippen molar-refractivity contribution in [3.63, 3.8) is 0 Å². The van der Waals surface area contributed by atoms with Gasteiger partial charge in [0.05, 0.1) is 18.7 Å². The van der Waals surface area contributed by atoms with Gasteiger partial charge < -0.3 is 15.7 Å². The molecule has 0 amide bonds. The quantitative estimate of drug-likeness (QED) is 0.707. The number of carbonyl (C=O) groups is 1. The summed E-state index contributed by atoms with van der Waals surface area (Å²) >= 11 is 1.47. The van der Waals surface area contributed by atoms with Gasteiger partial charge in [0.15, 0.2) is 5.13 Å². The van der Waals surface area contributed by atoms with Crippen LogP contribution in [0.4, 0.5) is 5.13 Å². The van der Waals surface area contributed by atoms with E-state index in [1.807, 2.05) is 18.2 Å². The molecule has 3 heterocycles. The van der Waals surface area contributed by atoms with Crippen LogP contribution in [0, 0.1) is 0 Å². The molecule has 0 aromatic carbocycles. The number of aliphatic carboxylic acids is 1. The molecule has 0 spiro atoms. The molecule has 0 fully saturated rings. The van der Waals surface area contributed by atoms with E-state index in [2.05, 4.69) is 25.6 Å². The molecule has 3 rings (SSSR count). The van der Waals surface area contributed by atoms with Gasteiger partial charge in [0.2, 0.25) is 0 Å². The normalized spacial score (nSPS) is 13.2. The Bertz CT molecular complexity index is 770. The average molecular weight is 343 g/mol. The van der Waals surface area contributed by atoms with E-state index in [1.54, 1.807) is 18.5 Å². The number of anilines is 1.